The van der Waals surface area contributed by atoms with Crippen LogP contribution < -0.4 is 18.9 Å². The highest BCUT2D eigenvalue weighted by molar-refractivity contribution is 6.00. The largest absolute Gasteiger partial charge is 0.494 e. The van der Waals surface area contributed by atoms with Gasteiger partial charge in [-0.25, -0.2) is 9.97 Å². The molecule has 4 aromatic carbocycles. The van der Waals surface area contributed by atoms with Gasteiger partial charge < -0.3 is 46.8 Å². The highest BCUT2D eigenvalue weighted by atomic mass is 16.5. The Bertz CT molecular complexity index is 3700. The third kappa shape index (κ3) is 29.4. The van der Waals surface area contributed by atoms with Crippen LogP contribution in [0.2, 0.25) is 0 Å². The number of ether oxygens (including phenoxy) is 4. The van der Waals surface area contributed by atoms with Crippen LogP contribution in [0.5, 0.6) is 23.0 Å². The van der Waals surface area contributed by atoms with E-state index in [2.05, 4.69) is 239 Å². The maximum atomic E-state index is 6.87. The molecule has 8 bridgehead atoms. The summed E-state index contributed by atoms with van der Waals surface area (Å²) in [6.45, 7) is 51.1. The average molecular weight is 1640 g/mol. The van der Waals surface area contributed by atoms with Crippen molar-refractivity contribution in [3.63, 3.8) is 0 Å². The van der Waals surface area contributed by atoms with Crippen molar-refractivity contribution in [2.24, 2.45) is 0 Å². The molecular formula is C108H166N8O4+4. The van der Waals surface area contributed by atoms with E-state index in [4.69, 9.17) is 28.9 Å². The quantitative estimate of drug-likeness (QED) is 0.0291. The lowest BCUT2D eigenvalue weighted by atomic mass is 10.0. The first kappa shape index (κ1) is 96.3. The van der Waals surface area contributed by atoms with E-state index in [1.165, 1.54) is 277 Å². The van der Waals surface area contributed by atoms with Crippen molar-refractivity contribution in [3.05, 3.63) is 144 Å². The van der Waals surface area contributed by atoms with Crippen molar-refractivity contribution < 1.29 is 36.9 Å². The van der Waals surface area contributed by atoms with E-state index in [0.717, 1.165) is 164 Å². The molecule has 0 atom stereocenters. The minimum Gasteiger partial charge on any atom is -0.494 e. The van der Waals surface area contributed by atoms with Crippen molar-refractivity contribution in [2.75, 3.05) is 131 Å². The SMILES string of the molecule is CCCC[N+](CCCC)(CCCC)CCCCOc1cccc(-c2c3nc(c(-c4cccc(OCCCC[N+](CCCC)(CCCC)CCCC)c4)c4ccc([nH]4)c(-c4cccc(OCCCC[N+](CCCC)(CCCC)CCCC)c4)c4nc(c(-c5cccc(OCCCC[N+](CCCC)(CCCC)CCCC)c5)c5ccc2[nH]5)C=C4)C=C3)c1. The van der Waals surface area contributed by atoms with Gasteiger partial charge in [0, 0.05) is 44.3 Å². The van der Waals surface area contributed by atoms with Gasteiger partial charge in [0.1, 0.15) is 23.0 Å². The molecule has 0 unspecified atom stereocenters. The zero-order chi connectivity index (χ0) is 84.9. The molecule has 0 saturated carbocycles. The van der Waals surface area contributed by atoms with E-state index in [1.807, 2.05) is 0 Å². The Kier molecular flexibility index (Phi) is 42.4. The molecule has 658 valence electrons. The fraction of sp³-hybridized carbons (Fsp3) is 0.593. The first-order valence-corrected chi connectivity index (χ1v) is 49.3. The minimum atomic E-state index is 0.666. The Morgan fingerprint density at radius 3 is 0.567 bits per heavy atom. The Morgan fingerprint density at radius 2 is 0.392 bits per heavy atom. The highest BCUT2D eigenvalue weighted by Gasteiger charge is 2.31. The van der Waals surface area contributed by atoms with Gasteiger partial charge in [0.25, 0.3) is 0 Å². The number of quaternary nitrogens is 4. The van der Waals surface area contributed by atoms with E-state index < -0.39 is 0 Å². The number of rotatable bonds is 64. The van der Waals surface area contributed by atoms with Gasteiger partial charge in [0.05, 0.1) is 154 Å². The summed E-state index contributed by atoms with van der Waals surface area (Å²) in [5.41, 5.74) is 15.3. The Balaban J connectivity index is 1.17. The van der Waals surface area contributed by atoms with Gasteiger partial charge in [-0.05, 0) is 248 Å². The van der Waals surface area contributed by atoms with Gasteiger partial charge in [-0.15, -0.1) is 0 Å². The molecule has 12 nitrogen and oxygen atoms in total. The second kappa shape index (κ2) is 52.9. The van der Waals surface area contributed by atoms with E-state index in [9.17, 15) is 0 Å². The normalized spacial score (nSPS) is 12.5. The molecule has 2 N–H and O–H groups in total. The Labute approximate surface area is 730 Å². The molecule has 0 aliphatic carbocycles. The predicted octanol–water partition coefficient (Wildman–Crippen LogP) is 28.8. The summed E-state index contributed by atoms with van der Waals surface area (Å²) >= 11 is 0. The number of fused-ring (bicyclic) bond motifs is 8. The first-order chi connectivity index (χ1) is 58.8. The maximum Gasteiger partial charge on any atom is 0.119 e. The number of H-pyrrole nitrogens is 2. The summed E-state index contributed by atoms with van der Waals surface area (Å²) < 4.78 is 32.5. The van der Waals surface area contributed by atoms with Crippen LogP contribution in [-0.4, -0.2) is 169 Å². The van der Waals surface area contributed by atoms with Gasteiger partial charge >= 0.3 is 0 Å². The van der Waals surface area contributed by atoms with E-state index >= 15 is 0 Å². The van der Waals surface area contributed by atoms with Crippen LogP contribution >= 0.6 is 0 Å². The number of nitrogens with zero attached hydrogens (tertiary/aromatic N) is 6. The topological polar surface area (TPSA) is 94.3 Å². The third-order valence-corrected chi connectivity index (χ3v) is 26.3. The van der Waals surface area contributed by atoms with Gasteiger partial charge in [-0.3, -0.25) is 0 Å². The lowest BCUT2D eigenvalue weighted by Gasteiger charge is -2.39. The Morgan fingerprint density at radius 1 is 0.217 bits per heavy atom. The summed E-state index contributed by atoms with van der Waals surface area (Å²) in [5.74, 6) is 3.46. The smallest absolute Gasteiger partial charge is 0.119 e. The van der Waals surface area contributed by atoms with E-state index in [1.54, 1.807) is 0 Å². The van der Waals surface area contributed by atoms with E-state index in [-0.39, 0.29) is 0 Å². The molecule has 0 amide bonds. The molecule has 2 aliphatic rings. The van der Waals surface area contributed by atoms with Gasteiger partial charge in [-0.2, -0.15) is 0 Å². The lowest BCUT2D eigenvalue weighted by molar-refractivity contribution is -0.929. The molecule has 2 aliphatic heterocycles. The van der Waals surface area contributed by atoms with Gasteiger partial charge in [0.2, 0.25) is 0 Å². The molecule has 5 heterocycles. The second-order valence-electron chi connectivity index (χ2n) is 36.0. The van der Waals surface area contributed by atoms with Crippen LogP contribution in [0.15, 0.2) is 121 Å². The molecular weight excluding hydrogens is 1470 g/mol. The molecule has 0 radical (unpaired) electrons. The number of hydrogen-bond acceptors (Lipinski definition) is 6. The number of aromatic nitrogens is 4. The number of hydrogen-bond donors (Lipinski definition) is 2. The number of benzene rings is 4. The standard InChI is InChI=1S/C108H166N8O4/c1-13-25-65-113(66-26-14-2,67-27-15-3)77-37-41-81-117-93-53-45-49-89(85-93)105-97-57-59-99(109-97)106(90-50-46-54-94(86-90)118-82-42-38-78-114(68-28-16-4,69-29-17-5)70-30-18-6)101-61-63-103(111-101)108(92-52-48-56-96(88-92)120-84-44-40-80-116(74-34-22-10,75-35-23-11)76-36-24-12)104-64-62-102(112-104)107(100-60-58-98(105)110-100)91-51-47-55-95(87-91)119-83-43-39-79-115(71-31-19-7,72-32-20-8)73-33-21-9/h45-64,85-88,109,112H,13-44,65-84H2,1-12H3/q+4. The van der Waals surface area contributed by atoms with Crippen molar-refractivity contribution in [1.29, 1.82) is 0 Å². The molecule has 120 heavy (non-hydrogen) atoms. The number of nitrogens with one attached hydrogen (secondary N) is 2. The van der Waals surface area contributed by atoms with Crippen LogP contribution in [0.4, 0.5) is 0 Å². The summed E-state index contributed by atoms with van der Waals surface area (Å²) in [4.78, 5) is 19.9. The van der Waals surface area contributed by atoms with Crippen molar-refractivity contribution in [1.82, 2.24) is 19.9 Å². The predicted molar refractivity (Wildman–Crippen MR) is 517 cm³/mol. The highest BCUT2D eigenvalue weighted by Crippen LogP contribution is 2.41. The molecule has 9 rings (SSSR count). The van der Waals surface area contributed by atoms with Crippen molar-refractivity contribution in [3.8, 4) is 67.5 Å². The second-order valence-corrected chi connectivity index (χ2v) is 36.0. The first-order valence-electron chi connectivity index (χ1n) is 49.3. The fourth-order valence-corrected chi connectivity index (χ4v) is 18.9. The van der Waals surface area contributed by atoms with Gasteiger partial charge in [0.15, 0.2) is 0 Å². The summed E-state index contributed by atoms with van der Waals surface area (Å²) in [6, 6.07) is 44.1. The molecule has 7 aromatic rings. The van der Waals surface area contributed by atoms with Crippen LogP contribution in [0.1, 0.15) is 311 Å². The van der Waals surface area contributed by atoms with Crippen LogP contribution in [0, 0.1) is 0 Å². The molecule has 0 saturated heterocycles. The van der Waals surface area contributed by atoms with Crippen molar-refractivity contribution in [2.45, 2.75) is 289 Å². The zero-order valence-corrected chi connectivity index (χ0v) is 77.9. The Hall–Kier alpha value is -7.48. The third-order valence-electron chi connectivity index (χ3n) is 26.3. The summed E-state index contributed by atoms with van der Waals surface area (Å²) in [6.07, 6.45) is 48.0. The van der Waals surface area contributed by atoms with Gasteiger partial charge in [-0.1, -0.05) is 209 Å². The molecule has 0 fully saturated rings. The number of unbranched alkanes of at least 4 members (excludes halogenated alkanes) is 16. The van der Waals surface area contributed by atoms with Crippen LogP contribution in [0.25, 0.3) is 90.9 Å². The number of aromatic amines is 2. The molecule has 12 heteroatoms. The van der Waals surface area contributed by atoms with E-state index in [0.29, 0.717) is 26.4 Å². The maximum absolute atomic E-state index is 6.87. The van der Waals surface area contributed by atoms with Crippen LogP contribution in [-0.2, 0) is 0 Å². The monoisotopic (exact) mass is 1640 g/mol. The zero-order valence-electron chi connectivity index (χ0n) is 77.9. The molecule has 3 aromatic heterocycles. The van der Waals surface area contributed by atoms with Crippen molar-refractivity contribution >= 4 is 46.4 Å². The summed E-state index contributed by atoms with van der Waals surface area (Å²) in [5, 5.41) is 0. The fourth-order valence-electron chi connectivity index (χ4n) is 18.9. The lowest BCUT2D eigenvalue weighted by Crippen LogP contribution is -2.50. The average Bonchev–Trinajstić information content (AvgIpc) is 1.61. The summed E-state index contributed by atoms with van der Waals surface area (Å²) in [7, 11) is 0. The molecule has 0 spiro atoms. The minimum absolute atomic E-state index is 0.666. The van der Waals surface area contributed by atoms with Crippen LogP contribution in [0.3, 0.4) is 0 Å².